The number of primary amides is 1. The molecule has 0 saturated carbocycles. The van der Waals surface area contributed by atoms with Gasteiger partial charge in [0.15, 0.2) is 0 Å². The van der Waals surface area contributed by atoms with Crippen molar-refractivity contribution in [3.8, 4) is 23.0 Å². The van der Waals surface area contributed by atoms with E-state index in [1.165, 1.54) is 101 Å². The number of nitrogens with one attached hydrogen (secondary N) is 8. The number of nitrogens with two attached hydrogens (primary N) is 6. The molecule has 0 aromatic heterocycles. The second kappa shape index (κ2) is 38.1. The fourth-order valence-electron chi connectivity index (χ4n) is 9.78. The van der Waals surface area contributed by atoms with Gasteiger partial charge >= 0.3 is 0 Å². The molecule has 20 N–H and O–H groups in total. The molecule has 92 heavy (non-hydrogen) atoms. The van der Waals surface area contributed by atoms with E-state index in [2.05, 4.69) is 42.5 Å². The molecule has 0 bridgehead atoms. The van der Waals surface area contributed by atoms with Gasteiger partial charge in [0.1, 0.15) is 47.2 Å². The van der Waals surface area contributed by atoms with Crippen LogP contribution >= 0.6 is 0 Å². The van der Waals surface area contributed by atoms with Gasteiger partial charge in [0.25, 0.3) is 23.6 Å². The number of carbonyl (C=O) groups is 9. The summed E-state index contributed by atoms with van der Waals surface area (Å²) < 4.78 is 21.8. The average Bonchev–Trinajstić information content (AvgIpc) is 0.919. The Balaban J connectivity index is 1.32. The van der Waals surface area contributed by atoms with Gasteiger partial charge in [0, 0.05) is 22.7 Å². The molecule has 496 valence electrons. The zero-order valence-electron chi connectivity index (χ0n) is 52.5. The van der Waals surface area contributed by atoms with Crippen LogP contribution in [0.4, 0.5) is 22.7 Å². The molecule has 9 amide bonds. The molecule has 5 rings (SSSR count). The first-order chi connectivity index (χ1) is 44.3. The highest BCUT2D eigenvalue weighted by molar-refractivity contribution is 6.08. The summed E-state index contributed by atoms with van der Waals surface area (Å²) in [5.41, 5.74) is 36.3. The number of rotatable bonds is 39. The molecule has 5 atom stereocenters. The second-order valence-corrected chi connectivity index (χ2v) is 21.6. The summed E-state index contributed by atoms with van der Waals surface area (Å²) in [6.45, 7) is 1.32. The molecular weight excluding hydrogens is 1180 g/mol. The normalized spacial score (nSPS) is 12.5. The van der Waals surface area contributed by atoms with E-state index in [0.717, 1.165) is 5.56 Å². The molecule has 0 radical (unpaired) electrons. The molecule has 0 saturated heterocycles. The van der Waals surface area contributed by atoms with Crippen LogP contribution in [0, 0.1) is 0 Å². The van der Waals surface area contributed by atoms with Crippen LogP contribution < -0.4 is 95.9 Å². The van der Waals surface area contributed by atoms with Gasteiger partial charge < -0.3 is 95.9 Å². The molecule has 0 aliphatic carbocycles. The van der Waals surface area contributed by atoms with E-state index in [9.17, 15) is 43.2 Å². The van der Waals surface area contributed by atoms with Gasteiger partial charge in [0.2, 0.25) is 29.5 Å². The van der Waals surface area contributed by atoms with Crippen LogP contribution in [-0.4, -0.2) is 138 Å². The van der Waals surface area contributed by atoms with E-state index in [-0.39, 0.29) is 100 Å². The third-order valence-electron chi connectivity index (χ3n) is 14.8. The Bertz CT molecular complexity index is 3320. The fraction of sp³-hybridized carbons (Fsp3) is 0.400. The maximum atomic E-state index is 14.4. The van der Waals surface area contributed by atoms with Crippen molar-refractivity contribution in [3.63, 3.8) is 0 Å². The van der Waals surface area contributed by atoms with Crippen LogP contribution in [0.2, 0.25) is 0 Å². The van der Waals surface area contributed by atoms with E-state index < -0.39 is 83.4 Å². The number of unbranched alkanes of at least 4 members (excludes halogenated alkanes) is 4. The maximum Gasteiger partial charge on any atom is 0.255 e. The Labute approximate surface area is 535 Å². The summed E-state index contributed by atoms with van der Waals surface area (Å²) >= 11 is 0. The van der Waals surface area contributed by atoms with Gasteiger partial charge in [-0.15, -0.1) is 0 Å². The van der Waals surface area contributed by atoms with Crippen LogP contribution in [0.15, 0.2) is 103 Å². The average molecular weight is 1270 g/mol. The molecular formula is C65H88N14O13. The number of amides is 9. The number of methoxy groups -OCH3 is 4. The number of anilines is 4. The van der Waals surface area contributed by atoms with Gasteiger partial charge in [-0.1, -0.05) is 30.3 Å². The first-order valence-electron chi connectivity index (χ1n) is 30.4. The lowest BCUT2D eigenvalue weighted by atomic mass is 10.0. The number of ether oxygens (including phenoxy) is 4. The van der Waals surface area contributed by atoms with Crippen LogP contribution in [0.1, 0.15) is 124 Å². The molecule has 0 fully saturated rings. The van der Waals surface area contributed by atoms with Crippen LogP contribution in [0.3, 0.4) is 0 Å². The molecule has 0 heterocycles. The van der Waals surface area contributed by atoms with Crippen molar-refractivity contribution in [1.29, 1.82) is 0 Å². The number of benzene rings is 5. The summed E-state index contributed by atoms with van der Waals surface area (Å²) in [6.07, 6.45) is 4.91. The molecule has 27 heteroatoms. The maximum absolute atomic E-state index is 14.4. The fourth-order valence-corrected chi connectivity index (χ4v) is 9.78. The smallest absolute Gasteiger partial charge is 0.255 e. The minimum absolute atomic E-state index is 0.0283. The summed E-state index contributed by atoms with van der Waals surface area (Å²) in [5.74, 6) is -5.51. The Morgan fingerprint density at radius 3 is 0.935 bits per heavy atom. The molecule has 0 aliphatic rings. The zero-order valence-corrected chi connectivity index (χ0v) is 52.5. The second-order valence-electron chi connectivity index (χ2n) is 21.6. The first kappa shape index (κ1) is 73.1. The summed E-state index contributed by atoms with van der Waals surface area (Å²) in [5, 5.41) is 22.2. The molecule has 0 spiro atoms. The van der Waals surface area contributed by atoms with E-state index in [1.807, 2.05) is 30.3 Å². The quantitative estimate of drug-likeness (QED) is 0.0250. The van der Waals surface area contributed by atoms with Gasteiger partial charge in [-0.05, 0) is 188 Å². The monoisotopic (exact) mass is 1270 g/mol. The van der Waals surface area contributed by atoms with Crippen molar-refractivity contribution >= 4 is 75.9 Å². The van der Waals surface area contributed by atoms with E-state index in [4.69, 9.17) is 53.3 Å². The van der Waals surface area contributed by atoms with Gasteiger partial charge in [-0.2, -0.15) is 0 Å². The van der Waals surface area contributed by atoms with E-state index in [1.54, 1.807) is 0 Å². The lowest BCUT2D eigenvalue weighted by Crippen LogP contribution is -2.50. The molecule has 5 aromatic carbocycles. The summed E-state index contributed by atoms with van der Waals surface area (Å²) in [7, 11) is 5.41. The highest BCUT2D eigenvalue weighted by atomic mass is 16.5. The first-order valence-corrected chi connectivity index (χ1v) is 30.4. The Kier molecular flexibility index (Phi) is 30.3. The standard InChI is InChI=1S/C65H88N14O13/c1-89-53-26-22-40(35-44(53)57(71)80)72-62(85)49(18-8-12-30-66)76-58(81)45-36-41(23-27-54(45)90-2)73-63(86)50(19-9-13-31-67)77-59(82)46-37-42(24-28-55(46)91-3)74-64(87)51(20-10-14-32-68)78-60(83)47-38-43(25-29-56(47)92-4)75-65(88)52(21-11-15-33-69)79-61(84)48(70)34-39-16-6-5-7-17-39/h5-7,16-17,22-29,35-38,48-52H,8-15,18-21,30-34,66-70H2,1-4H3,(H2,71,80)(H,72,85)(H,73,86)(H,74,87)(H,75,88)(H,76,81)(H,77,82)(H,78,83)(H,79,84)/t48-,49-,50-,51-,52-/m0/s1. The zero-order chi connectivity index (χ0) is 67.1. The van der Waals surface area contributed by atoms with E-state index >= 15 is 0 Å². The number of carbonyl (C=O) groups excluding carboxylic acids is 9. The molecule has 0 aliphatic heterocycles. The van der Waals surface area contributed by atoms with Crippen LogP contribution in [-0.2, 0) is 30.4 Å². The predicted molar refractivity (Wildman–Crippen MR) is 350 cm³/mol. The molecule has 27 nitrogen and oxygen atoms in total. The minimum atomic E-state index is -1.19. The Hall–Kier alpha value is -9.67. The summed E-state index contributed by atoms with van der Waals surface area (Å²) in [6, 6.07) is 21.1. The number of hydrogen-bond donors (Lipinski definition) is 14. The predicted octanol–water partition coefficient (Wildman–Crippen LogP) is 3.54. The van der Waals surface area contributed by atoms with E-state index in [0.29, 0.717) is 77.5 Å². The lowest BCUT2D eigenvalue weighted by Gasteiger charge is -2.22. The topological polar surface area (TPSA) is 443 Å². The van der Waals surface area contributed by atoms with Crippen LogP contribution in [0.25, 0.3) is 0 Å². The van der Waals surface area contributed by atoms with Crippen molar-refractivity contribution < 1.29 is 62.1 Å². The summed E-state index contributed by atoms with van der Waals surface area (Å²) in [4.78, 5) is 124. The Morgan fingerprint density at radius 1 is 0.370 bits per heavy atom. The van der Waals surface area contributed by atoms with Crippen molar-refractivity contribution in [2.75, 3.05) is 75.9 Å². The van der Waals surface area contributed by atoms with Crippen molar-refractivity contribution in [1.82, 2.24) is 21.3 Å². The van der Waals surface area contributed by atoms with Gasteiger partial charge in [0.05, 0.1) is 56.7 Å². The highest BCUT2D eigenvalue weighted by Gasteiger charge is 2.30. The minimum Gasteiger partial charge on any atom is -0.496 e. The van der Waals surface area contributed by atoms with Crippen molar-refractivity contribution in [2.45, 2.75) is 114 Å². The molecule has 0 unspecified atom stereocenters. The highest BCUT2D eigenvalue weighted by Crippen LogP contribution is 2.28. The van der Waals surface area contributed by atoms with Gasteiger partial charge in [-0.25, -0.2) is 0 Å². The SMILES string of the molecule is COc1ccc(NC(=O)[C@H](CCCCN)NC(=O)c2cc(NC(=O)[C@H](CCCCN)NC(=O)c3cc(NC(=O)[C@H](CCCCN)NC(=O)c4cc(NC(=O)[C@H](CCCCN)NC(=O)[C@@H](N)Cc5ccccc5)ccc4OC)ccc3OC)ccc2OC)cc1C(N)=O. The lowest BCUT2D eigenvalue weighted by molar-refractivity contribution is -0.127. The van der Waals surface area contributed by atoms with Gasteiger partial charge in [-0.3, -0.25) is 43.2 Å². The van der Waals surface area contributed by atoms with Crippen molar-refractivity contribution in [2.24, 2.45) is 34.4 Å². The van der Waals surface area contributed by atoms with Crippen molar-refractivity contribution in [3.05, 3.63) is 131 Å². The molecule has 5 aromatic rings. The third-order valence-corrected chi connectivity index (χ3v) is 14.8. The largest absolute Gasteiger partial charge is 0.496 e. The number of hydrogen-bond acceptors (Lipinski definition) is 18. The Morgan fingerprint density at radius 2 is 0.652 bits per heavy atom. The van der Waals surface area contributed by atoms with Crippen LogP contribution in [0.5, 0.6) is 23.0 Å². The third kappa shape index (κ3) is 22.4.